The first-order valence-electron chi connectivity index (χ1n) is 5.51. The van der Waals surface area contributed by atoms with E-state index in [0.717, 1.165) is 5.92 Å². The Morgan fingerprint density at radius 2 is 2.21 bits per heavy atom. The Labute approximate surface area is 86.1 Å². The molecule has 14 heavy (non-hydrogen) atoms. The third-order valence-electron chi connectivity index (χ3n) is 3.33. The van der Waals surface area contributed by atoms with Crippen molar-refractivity contribution in [1.82, 2.24) is 4.90 Å². The van der Waals surface area contributed by atoms with Crippen LogP contribution >= 0.6 is 0 Å². The van der Waals surface area contributed by atoms with Crippen LogP contribution in [0.1, 0.15) is 39.0 Å². The Bertz CT molecular complexity index is 190. The average molecular weight is 199 g/mol. The van der Waals surface area contributed by atoms with Crippen LogP contribution in [0.15, 0.2) is 0 Å². The van der Waals surface area contributed by atoms with E-state index in [-0.39, 0.29) is 6.42 Å². The van der Waals surface area contributed by atoms with Gasteiger partial charge in [-0.3, -0.25) is 4.79 Å². The van der Waals surface area contributed by atoms with E-state index in [1.807, 2.05) is 7.05 Å². The van der Waals surface area contributed by atoms with E-state index >= 15 is 0 Å². The number of nitrogens with zero attached hydrogens (tertiary/aromatic N) is 1. The first-order valence-corrected chi connectivity index (χ1v) is 5.51. The molecule has 0 aromatic heterocycles. The summed E-state index contributed by atoms with van der Waals surface area (Å²) in [7, 11) is 2.02. The van der Waals surface area contributed by atoms with Crippen LogP contribution in [0.3, 0.4) is 0 Å². The number of aliphatic carboxylic acids is 1. The highest BCUT2D eigenvalue weighted by atomic mass is 16.4. The molecule has 0 aliphatic heterocycles. The smallest absolute Gasteiger partial charge is 0.304 e. The van der Waals surface area contributed by atoms with Crippen LogP contribution in [-0.2, 0) is 4.79 Å². The van der Waals surface area contributed by atoms with Crippen molar-refractivity contribution in [3.05, 3.63) is 0 Å². The van der Waals surface area contributed by atoms with Crippen LogP contribution < -0.4 is 0 Å². The fourth-order valence-electron chi connectivity index (χ4n) is 1.88. The normalized spacial score (nSPS) is 19.4. The number of carbonyl (C=O) groups is 1. The molecule has 1 rings (SSSR count). The molecule has 0 amide bonds. The summed E-state index contributed by atoms with van der Waals surface area (Å²) in [4.78, 5) is 12.5. The van der Waals surface area contributed by atoms with Crippen LogP contribution in [0.2, 0.25) is 0 Å². The SMILES string of the molecule is CC(CC1CCC1)N(C)CCC(=O)O. The predicted molar refractivity (Wildman–Crippen MR) is 56.3 cm³/mol. The third kappa shape index (κ3) is 3.66. The Hall–Kier alpha value is -0.570. The van der Waals surface area contributed by atoms with Crippen molar-refractivity contribution in [3.63, 3.8) is 0 Å². The molecule has 3 nitrogen and oxygen atoms in total. The summed E-state index contributed by atoms with van der Waals surface area (Å²) >= 11 is 0. The quantitative estimate of drug-likeness (QED) is 0.711. The van der Waals surface area contributed by atoms with Gasteiger partial charge in [0.15, 0.2) is 0 Å². The first-order chi connectivity index (χ1) is 6.59. The second-order valence-electron chi connectivity index (χ2n) is 4.51. The lowest BCUT2D eigenvalue weighted by atomic mass is 9.81. The van der Waals surface area contributed by atoms with Gasteiger partial charge in [-0.05, 0) is 26.3 Å². The lowest BCUT2D eigenvalue weighted by Gasteiger charge is -2.32. The molecule has 0 aromatic rings. The Kier molecular flexibility index (Phi) is 4.39. The molecule has 0 heterocycles. The standard InChI is InChI=1S/C11H21NO2/c1-9(8-10-4-3-5-10)12(2)7-6-11(13)14/h9-10H,3-8H2,1-2H3,(H,13,14). The average Bonchev–Trinajstić information content (AvgIpc) is 2.06. The molecule has 3 heteroatoms. The maximum absolute atomic E-state index is 10.4. The van der Waals surface area contributed by atoms with E-state index in [2.05, 4.69) is 11.8 Å². The zero-order chi connectivity index (χ0) is 10.6. The highest BCUT2D eigenvalue weighted by molar-refractivity contribution is 5.66. The van der Waals surface area contributed by atoms with E-state index < -0.39 is 5.97 Å². The molecule has 1 fully saturated rings. The van der Waals surface area contributed by atoms with Gasteiger partial charge in [-0.1, -0.05) is 19.3 Å². The van der Waals surface area contributed by atoms with Gasteiger partial charge in [-0.25, -0.2) is 0 Å². The highest BCUT2D eigenvalue weighted by Crippen LogP contribution is 2.31. The van der Waals surface area contributed by atoms with Gasteiger partial charge in [0.25, 0.3) is 0 Å². The molecule has 1 aliphatic carbocycles. The largest absolute Gasteiger partial charge is 0.481 e. The van der Waals surface area contributed by atoms with Crippen molar-refractivity contribution in [2.75, 3.05) is 13.6 Å². The van der Waals surface area contributed by atoms with Crippen molar-refractivity contribution in [2.24, 2.45) is 5.92 Å². The van der Waals surface area contributed by atoms with Crippen LogP contribution in [0.25, 0.3) is 0 Å². The van der Waals surface area contributed by atoms with E-state index in [0.29, 0.717) is 12.6 Å². The van der Waals surface area contributed by atoms with Crippen molar-refractivity contribution in [2.45, 2.75) is 45.1 Å². The summed E-state index contributed by atoms with van der Waals surface area (Å²) < 4.78 is 0. The van der Waals surface area contributed by atoms with Gasteiger partial charge in [-0.15, -0.1) is 0 Å². The van der Waals surface area contributed by atoms with Crippen molar-refractivity contribution >= 4 is 5.97 Å². The van der Waals surface area contributed by atoms with E-state index in [1.165, 1.54) is 25.7 Å². The minimum absolute atomic E-state index is 0.255. The maximum atomic E-state index is 10.4. The van der Waals surface area contributed by atoms with Crippen LogP contribution in [0.4, 0.5) is 0 Å². The van der Waals surface area contributed by atoms with Gasteiger partial charge in [0.2, 0.25) is 0 Å². The Morgan fingerprint density at radius 1 is 1.57 bits per heavy atom. The summed E-state index contributed by atoms with van der Waals surface area (Å²) in [6.45, 7) is 2.86. The number of rotatable bonds is 6. The Balaban J connectivity index is 2.14. The zero-order valence-electron chi connectivity index (χ0n) is 9.20. The molecule has 1 N–H and O–H groups in total. The molecule has 1 unspecified atom stereocenters. The summed E-state index contributed by atoms with van der Waals surface area (Å²) in [5.74, 6) is 0.199. The number of hydrogen-bond donors (Lipinski definition) is 1. The maximum Gasteiger partial charge on any atom is 0.304 e. The van der Waals surface area contributed by atoms with Crippen LogP contribution in [0, 0.1) is 5.92 Å². The monoisotopic (exact) mass is 199 g/mol. The first kappa shape index (κ1) is 11.5. The second kappa shape index (κ2) is 5.35. The lowest BCUT2D eigenvalue weighted by molar-refractivity contribution is -0.137. The second-order valence-corrected chi connectivity index (χ2v) is 4.51. The van der Waals surface area contributed by atoms with Crippen molar-refractivity contribution < 1.29 is 9.90 Å². The number of carboxylic acids is 1. The fraction of sp³-hybridized carbons (Fsp3) is 0.909. The van der Waals surface area contributed by atoms with Crippen LogP contribution in [0.5, 0.6) is 0 Å². The fourth-order valence-corrected chi connectivity index (χ4v) is 1.88. The predicted octanol–water partition coefficient (Wildman–Crippen LogP) is 1.97. The summed E-state index contributed by atoms with van der Waals surface area (Å²) in [6, 6.07) is 0.527. The van der Waals surface area contributed by atoms with Gasteiger partial charge in [-0.2, -0.15) is 0 Å². The minimum Gasteiger partial charge on any atom is -0.481 e. The molecule has 0 aromatic carbocycles. The zero-order valence-corrected chi connectivity index (χ0v) is 9.20. The molecular formula is C11H21NO2. The topological polar surface area (TPSA) is 40.5 Å². The van der Waals surface area contributed by atoms with E-state index in [9.17, 15) is 4.79 Å². The minimum atomic E-state index is -0.701. The molecule has 82 valence electrons. The molecule has 1 saturated carbocycles. The van der Waals surface area contributed by atoms with Gasteiger partial charge < -0.3 is 10.0 Å². The van der Waals surface area contributed by atoms with Gasteiger partial charge >= 0.3 is 5.97 Å². The molecule has 0 bridgehead atoms. The highest BCUT2D eigenvalue weighted by Gasteiger charge is 2.21. The van der Waals surface area contributed by atoms with Crippen molar-refractivity contribution in [3.8, 4) is 0 Å². The molecule has 1 aliphatic rings. The lowest BCUT2D eigenvalue weighted by Crippen LogP contribution is -2.33. The molecule has 0 spiro atoms. The van der Waals surface area contributed by atoms with Gasteiger partial charge in [0.1, 0.15) is 0 Å². The third-order valence-corrected chi connectivity index (χ3v) is 3.33. The van der Waals surface area contributed by atoms with E-state index in [4.69, 9.17) is 5.11 Å². The van der Waals surface area contributed by atoms with Gasteiger partial charge in [0, 0.05) is 12.6 Å². The molecule has 0 radical (unpaired) electrons. The van der Waals surface area contributed by atoms with Crippen LogP contribution in [-0.4, -0.2) is 35.6 Å². The van der Waals surface area contributed by atoms with Gasteiger partial charge in [0.05, 0.1) is 6.42 Å². The van der Waals surface area contributed by atoms with Crippen molar-refractivity contribution in [1.29, 1.82) is 0 Å². The molecular weight excluding hydrogens is 178 g/mol. The molecule has 1 atom stereocenters. The Morgan fingerprint density at radius 3 is 2.64 bits per heavy atom. The molecule has 0 saturated heterocycles. The summed E-state index contributed by atoms with van der Waals surface area (Å²) in [5.41, 5.74) is 0. The summed E-state index contributed by atoms with van der Waals surface area (Å²) in [6.07, 6.45) is 5.62. The summed E-state index contributed by atoms with van der Waals surface area (Å²) in [5, 5.41) is 8.56. The number of hydrogen-bond acceptors (Lipinski definition) is 2. The van der Waals surface area contributed by atoms with E-state index in [1.54, 1.807) is 0 Å². The number of carboxylic acid groups (broad SMARTS) is 1.